The molecule has 4 heteroatoms. The van der Waals surface area contributed by atoms with Crippen molar-refractivity contribution in [2.24, 2.45) is 0 Å². The molecule has 104 valence electrons. The number of rotatable bonds is 2. The third-order valence-electron chi connectivity index (χ3n) is 3.93. The molecule has 3 rings (SSSR count). The standard InChI is InChI=1S/C16H17NO2S/c1-20-16-13(17-9-5-2-6-10-17)14(18)11-7-3-4-8-12(11)15(16)19/h3-4,7-8H,2,5-6,9-10H2,1H3. The first-order valence-electron chi connectivity index (χ1n) is 6.95. The zero-order valence-electron chi connectivity index (χ0n) is 11.5. The van der Waals surface area contributed by atoms with E-state index in [0.717, 1.165) is 25.9 Å². The minimum absolute atomic E-state index is 0.00597. The van der Waals surface area contributed by atoms with Gasteiger partial charge >= 0.3 is 0 Å². The smallest absolute Gasteiger partial charge is 0.211 e. The van der Waals surface area contributed by atoms with Crippen LogP contribution in [0, 0.1) is 0 Å². The third-order valence-corrected chi connectivity index (χ3v) is 4.72. The van der Waals surface area contributed by atoms with Crippen LogP contribution in [0.1, 0.15) is 40.0 Å². The summed E-state index contributed by atoms with van der Waals surface area (Å²) < 4.78 is 0. The molecule has 0 aromatic heterocycles. The summed E-state index contributed by atoms with van der Waals surface area (Å²) in [5, 5.41) is 0. The lowest BCUT2D eigenvalue weighted by Crippen LogP contribution is -2.36. The molecule has 1 aromatic rings. The lowest BCUT2D eigenvalue weighted by Gasteiger charge is -2.33. The number of likely N-dealkylation sites (tertiary alicyclic amines) is 1. The summed E-state index contributed by atoms with van der Waals surface area (Å²) in [5.41, 5.74) is 1.72. The lowest BCUT2D eigenvalue weighted by molar-refractivity contribution is 0.0941. The van der Waals surface area contributed by atoms with Crippen LogP contribution in [0.3, 0.4) is 0 Å². The van der Waals surface area contributed by atoms with Gasteiger partial charge in [-0.3, -0.25) is 9.59 Å². The van der Waals surface area contributed by atoms with Gasteiger partial charge in [-0.05, 0) is 25.5 Å². The topological polar surface area (TPSA) is 37.4 Å². The van der Waals surface area contributed by atoms with Crippen molar-refractivity contribution < 1.29 is 9.59 Å². The van der Waals surface area contributed by atoms with Gasteiger partial charge in [-0.1, -0.05) is 24.3 Å². The van der Waals surface area contributed by atoms with E-state index < -0.39 is 0 Å². The number of carbonyl (C=O) groups is 2. The highest BCUT2D eigenvalue weighted by Gasteiger charge is 2.34. The van der Waals surface area contributed by atoms with Gasteiger partial charge < -0.3 is 4.90 Å². The quantitative estimate of drug-likeness (QED) is 0.837. The number of Topliss-reactive ketones (excluding diaryl/α,β-unsaturated/α-hetero) is 2. The molecule has 0 atom stereocenters. The van der Waals surface area contributed by atoms with E-state index in [1.165, 1.54) is 18.2 Å². The van der Waals surface area contributed by atoms with Gasteiger partial charge in [0.15, 0.2) is 0 Å². The summed E-state index contributed by atoms with van der Waals surface area (Å²) >= 11 is 1.39. The van der Waals surface area contributed by atoms with Gasteiger partial charge in [0.25, 0.3) is 0 Å². The molecule has 0 N–H and O–H groups in total. The number of ketones is 2. The Morgan fingerprint density at radius 3 is 2.15 bits per heavy atom. The van der Waals surface area contributed by atoms with E-state index in [9.17, 15) is 9.59 Å². The monoisotopic (exact) mass is 287 g/mol. The van der Waals surface area contributed by atoms with Gasteiger partial charge in [0.2, 0.25) is 11.6 Å². The van der Waals surface area contributed by atoms with Crippen molar-refractivity contribution in [1.82, 2.24) is 4.90 Å². The largest absolute Gasteiger partial charge is 0.367 e. The average Bonchev–Trinajstić information content (AvgIpc) is 2.51. The highest BCUT2D eigenvalue weighted by atomic mass is 32.2. The molecule has 1 aliphatic carbocycles. The van der Waals surface area contributed by atoms with Crippen molar-refractivity contribution >= 4 is 23.3 Å². The maximum Gasteiger partial charge on any atom is 0.211 e. The minimum atomic E-state index is -0.00623. The molecule has 0 radical (unpaired) electrons. The number of thioether (sulfide) groups is 1. The molecule has 0 saturated carbocycles. The summed E-state index contributed by atoms with van der Waals surface area (Å²) in [4.78, 5) is 28.1. The van der Waals surface area contributed by atoms with Gasteiger partial charge in [0.1, 0.15) is 5.70 Å². The molecular weight excluding hydrogens is 270 g/mol. The van der Waals surface area contributed by atoms with Crippen LogP contribution in [0.15, 0.2) is 34.9 Å². The molecule has 1 heterocycles. The second-order valence-electron chi connectivity index (χ2n) is 5.13. The molecule has 1 saturated heterocycles. The number of hydrogen-bond acceptors (Lipinski definition) is 4. The van der Waals surface area contributed by atoms with Crippen LogP contribution < -0.4 is 0 Å². The number of fused-ring (bicyclic) bond motifs is 1. The Morgan fingerprint density at radius 1 is 0.950 bits per heavy atom. The van der Waals surface area contributed by atoms with Gasteiger partial charge in [-0.25, -0.2) is 0 Å². The Bertz CT molecular complexity index is 600. The fourth-order valence-corrected chi connectivity index (χ4v) is 3.64. The van der Waals surface area contributed by atoms with Gasteiger partial charge in [0, 0.05) is 24.2 Å². The number of piperidine rings is 1. The summed E-state index contributed by atoms with van der Waals surface area (Å²) in [6.45, 7) is 1.75. The summed E-state index contributed by atoms with van der Waals surface area (Å²) in [7, 11) is 0. The Hall–Kier alpha value is -1.55. The Kier molecular flexibility index (Phi) is 3.66. The molecule has 20 heavy (non-hydrogen) atoms. The van der Waals surface area contributed by atoms with E-state index in [4.69, 9.17) is 0 Å². The normalized spacial score (nSPS) is 19.4. The Labute approximate surface area is 123 Å². The van der Waals surface area contributed by atoms with E-state index in [1.54, 1.807) is 12.1 Å². The maximum atomic E-state index is 12.8. The molecule has 1 fully saturated rings. The predicted octanol–water partition coefficient (Wildman–Crippen LogP) is 3.13. The first kappa shape index (κ1) is 13.4. The van der Waals surface area contributed by atoms with Crippen LogP contribution >= 0.6 is 11.8 Å². The van der Waals surface area contributed by atoms with Crippen molar-refractivity contribution in [2.75, 3.05) is 19.3 Å². The van der Waals surface area contributed by atoms with E-state index in [0.29, 0.717) is 21.7 Å². The molecule has 3 nitrogen and oxygen atoms in total. The lowest BCUT2D eigenvalue weighted by atomic mass is 9.91. The molecule has 0 unspecified atom stereocenters. The first-order valence-corrected chi connectivity index (χ1v) is 8.18. The first-order chi connectivity index (χ1) is 9.74. The highest BCUT2D eigenvalue weighted by molar-refractivity contribution is 8.03. The zero-order valence-corrected chi connectivity index (χ0v) is 12.3. The zero-order chi connectivity index (χ0) is 14.1. The molecule has 1 aliphatic heterocycles. The van der Waals surface area contributed by atoms with Crippen LogP contribution in [0.2, 0.25) is 0 Å². The van der Waals surface area contributed by atoms with E-state index in [-0.39, 0.29) is 11.6 Å². The summed E-state index contributed by atoms with van der Waals surface area (Å²) in [6, 6.07) is 7.14. The van der Waals surface area contributed by atoms with E-state index in [2.05, 4.69) is 4.90 Å². The predicted molar refractivity (Wildman–Crippen MR) is 81.1 cm³/mol. The van der Waals surface area contributed by atoms with Crippen LogP contribution in [-0.4, -0.2) is 35.8 Å². The van der Waals surface area contributed by atoms with Crippen LogP contribution in [0.4, 0.5) is 0 Å². The molecule has 0 spiro atoms. The molecular formula is C16H17NO2S. The van der Waals surface area contributed by atoms with E-state index >= 15 is 0 Å². The van der Waals surface area contributed by atoms with Crippen LogP contribution in [0.25, 0.3) is 0 Å². The molecule has 0 amide bonds. The third kappa shape index (κ3) is 2.08. The van der Waals surface area contributed by atoms with Crippen molar-refractivity contribution in [1.29, 1.82) is 0 Å². The van der Waals surface area contributed by atoms with Crippen molar-refractivity contribution in [3.8, 4) is 0 Å². The summed E-state index contributed by atoms with van der Waals surface area (Å²) in [5.74, 6) is -0.000256. The van der Waals surface area contributed by atoms with E-state index in [1.807, 2.05) is 18.4 Å². The number of allylic oxidation sites excluding steroid dienone is 2. The second-order valence-corrected chi connectivity index (χ2v) is 5.95. The van der Waals surface area contributed by atoms with Crippen LogP contribution in [-0.2, 0) is 0 Å². The van der Waals surface area contributed by atoms with Crippen molar-refractivity contribution in [3.05, 3.63) is 46.0 Å². The number of carbonyl (C=O) groups excluding carboxylic acids is 2. The average molecular weight is 287 g/mol. The maximum absolute atomic E-state index is 12.8. The molecule has 0 bridgehead atoms. The van der Waals surface area contributed by atoms with Gasteiger partial charge in [-0.2, -0.15) is 0 Å². The molecule has 1 aromatic carbocycles. The molecule has 2 aliphatic rings. The Balaban J connectivity index is 2.10. The van der Waals surface area contributed by atoms with Crippen molar-refractivity contribution in [3.63, 3.8) is 0 Å². The van der Waals surface area contributed by atoms with Crippen molar-refractivity contribution in [2.45, 2.75) is 19.3 Å². The number of hydrogen-bond donors (Lipinski definition) is 0. The highest BCUT2D eigenvalue weighted by Crippen LogP contribution is 2.34. The van der Waals surface area contributed by atoms with Gasteiger partial charge in [0.05, 0.1) is 4.91 Å². The van der Waals surface area contributed by atoms with Gasteiger partial charge in [-0.15, -0.1) is 11.8 Å². The SMILES string of the molecule is CSC1=C(N2CCCCC2)C(=O)c2ccccc2C1=O. The van der Waals surface area contributed by atoms with Crippen LogP contribution in [0.5, 0.6) is 0 Å². The fraction of sp³-hybridized carbons (Fsp3) is 0.375. The Morgan fingerprint density at radius 2 is 1.55 bits per heavy atom. The minimum Gasteiger partial charge on any atom is -0.367 e. The number of nitrogens with zero attached hydrogens (tertiary/aromatic N) is 1. The second kappa shape index (κ2) is 5.44. The fourth-order valence-electron chi connectivity index (χ4n) is 2.93. The summed E-state index contributed by atoms with van der Waals surface area (Å²) in [6.07, 6.45) is 5.26. The number of benzene rings is 1.